The second-order valence-electron chi connectivity index (χ2n) is 6.63. The van der Waals surface area contributed by atoms with Gasteiger partial charge in [0.05, 0.1) is 7.11 Å². The molecule has 1 heterocycles. The summed E-state index contributed by atoms with van der Waals surface area (Å²) < 4.78 is 32.9. The van der Waals surface area contributed by atoms with Crippen molar-refractivity contribution in [3.63, 3.8) is 0 Å². The molecule has 0 aliphatic carbocycles. The lowest BCUT2D eigenvalue weighted by Crippen LogP contribution is -2.49. The fourth-order valence-electron chi connectivity index (χ4n) is 3.10. The number of carbonyl (C=O) groups excluding carboxylic acids is 2. The van der Waals surface area contributed by atoms with Crippen molar-refractivity contribution < 1.29 is 23.1 Å². The van der Waals surface area contributed by atoms with E-state index >= 15 is 0 Å². The summed E-state index contributed by atoms with van der Waals surface area (Å²) in [6.07, 6.45) is 0.407. The molecule has 0 spiro atoms. The molecule has 1 aliphatic rings. The number of methoxy groups -OCH3 is 1. The van der Waals surface area contributed by atoms with Gasteiger partial charge in [-0.05, 0) is 19.1 Å². The molecule has 2 unspecified atom stereocenters. The molecule has 2 aromatic rings. The van der Waals surface area contributed by atoms with Crippen molar-refractivity contribution in [3.8, 4) is 5.75 Å². The van der Waals surface area contributed by atoms with Crippen molar-refractivity contribution in [3.05, 3.63) is 59.2 Å². The van der Waals surface area contributed by atoms with Crippen LogP contribution >= 0.6 is 0 Å². The minimum atomic E-state index is -0.763. The highest BCUT2D eigenvalue weighted by atomic mass is 19.1. The molecular weight excluding hydrogens is 380 g/mol. The minimum Gasteiger partial charge on any atom is -0.497 e. The van der Waals surface area contributed by atoms with Gasteiger partial charge in [-0.15, -0.1) is 0 Å². The van der Waals surface area contributed by atoms with E-state index in [0.29, 0.717) is 6.41 Å². The number of piperidine rings is 1. The monoisotopic (exact) mass is 405 g/mol. The van der Waals surface area contributed by atoms with Crippen LogP contribution < -0.4 is 20.7 Å². The van der Waals surface area contributed by atoms with Gasteiger partial charge in [0.2, 0.25) is 12.3 Å². The van der Waals surface area contributed by atoms with Crippen LogP contribution in [0.4, 0.5) is 14.5 Å². The van der Waals surface area contributed by atoms with Gasteiger partial charge < -0.3 is 20.7 Å². The summed E-state index contributed by atoms with van der Waals surface area (Å²) in [6, 6.07) is 9.82. The standard InChI is InChI=1S/C13H14F2N2O3.C8H11N/c1-20-7-2-9(14)13(10(15)3-7)8-5-16-12(19)4-11(8)17-6-18;1-7-3-5-8(9-2)6-4-7/h2-3,6,8,11H,4-5H2,1H3,(H,16,19)(H,17,18);3-6,9H,1-2H3. The van der Waals surface area contributed by atoms with Crippen LogP contribution in [0.1, 0.15) is 23.5 Å². The summed E-state index contributed by atoms with van der Waals surface area (Å²) in [5, 5.41) is 8.04. The lowest BCUT2D eigenvalue weighted by Gasteiger charge is -2.31. The van der Waals surface area contributed by atoms with Crippen molar-refractivity contribution in [1.82, 2.24) is 10.6 Å². The highest BCUT2D eigenvalue weighted by Crippen LogP contribution is 2.31. The predicted octanol–water partition coefficient (Wildman–Crippen LogP) is 2.73. The third-order valence-corrected chi connectivity index (χ3v) is 4.69. The largest absolute Gasteiger partial charge is 0.497 e. The summed E-state index contributed by atoms with van der Waals surface area (Å²) in [4.78, 5) is 21.9. The van der Waals surface area contributed by atoms with Gasteiger partial charge >= 0.3 is 0 Å². The number of anilines is 1. The van der Waals surface area contributed by atoms with Gasteiger partial charge in [-0.1, -0.05) is 17.7 Å². The second kappa shape index (κ2) is 10.4. The summed E-state index contributed by atoms with van der Waals surface area (Å²) in [5.41, 5.74) is 2.31. The first-order valence-electron chi connectivity index (χ1n) is 9.13. The maximum absolute atomic E-state index is 14.0. The second-order valence-corrected chi connectivity index (χ2v) is 6.63. The number of rotatable bonds is 5. The van der Waals surface area contributed by atoms with Crippen LogP contribution in [-0.4, -0.2) is 39.1 Å². The number of nitrogens with one attached hydrogen (secondary N) is 3. The van der Waals surface area contributed by atoms with Crippen molar-refractivity contribution in [1.29, 1.82) is 0 Å². The molecule has 0 radical (unpaired) electrons. The maximum Gasteiger partial charge on any atom is 0.222 e. The Balaban J connectivity index is 0.000000278. The first-order chi connectivity index (χ1) is 13.9. The van der Waals surface area contributed by atoms with E-state index in [4.69, 9.17) is 4.74 Å². The fourth-order valence-corrected chi connectivity index (χ4v) is 3.10. The molecule has 0 aromatic heterocycles. The smallest absolute Gasteiger partial charge is 0.222 e. The average molecular weight is 405 g/mol. The van der Waals surface area contributed by atoms with E-state index in [2.05, 4.69) is 47.1 Å². The lowest BCUT2D eigenvalue weighted by molar-refractivity contribution is -0.123. The summed E-state index contributed by atoms with van der Waals surface area (Å²) in [5.74, 6) is -2.39. The summed E-state index contributed by atoms with van der Waals surface area (Å²) in [6.45, 7) is 2.14. The molecule has 1 fully saturated rings. The first kappa shape index (κ1) is 22.1. The Bertz CT molecular complexity index is 821. The molecule has 3 rings (SSSR count). The number of aryl methyl sites for hydroxylation is 1. The average Bonchev–Trinajstić information content (AvgIpc) is 2.70. The van der Waals surface area contributed by atoms with E-state index < -0.39 is 23.6 Å². The number of benzene rings is 2. The van der Waals surface area contributed by atoms with Gasteiger partial charge in [0.25, 0.3) is 0 Å². The van der Waals surface area contributed by atoms with Gasteiger partial charge in [0.15, 0.2) is 0 Å². The SMILES string of the molecule is CNc1ccc(C)cc1.COc1cc(F)c(C2CNC(=O)CC2NC=O)c(F)c1. The van der Waals surface area contributed by atoms with Crippen LogP contribution in [0, 0.1) is 18.6 Å². The van der Waals surface area contributed by atoms with E-state index in [9.17, 15) is 18.4 Å². The number of hydrogen-bond donors (Lipinski definition) is 3. The number of ether oxygens (including phenoxy) is 1. The Labute approximate surface area is 168 Å². The fraction of sp³-hybridized carbons (Fsp3) is 0.333. The molecule has 0 saturated carbocycles. The quantitative estimate of drug-likeness (QED) is 0.669. The summed E-state index contributed by atoms with van der Waals surface area (Å²) >= 11 is 0. The Morgan fingerprint density at radius 2 is 1.79 bits per heavy atom. The Morgan fingerprint density at radius 1 is 1.17 bits per heavy atom. The Kier molecular flexibility index (Phi) is 7.94. The molecule has 1 saturated heterocycles. The lowest BCUT2D eigenvalue weighted by atomic mass is 9.86. The minimum absolute atomic E-state index is 0.0195. The predicted molar refractivity (Wildman–Crippen MR) is 107 cm³/mol. The number of amides is 2. The third kappa shape index (κ3) is 5.91. The van der Waals surface area contributed by atoms with Crippen LogP contribution in [0.25, 0.3) is 0 Å². The molecule has 1 aliphatic heterocycles. The number of carbonyl (C=O) groups is 2. The Morgan fingerprint density at radius 3 is 2.31 bits per heavy atom. The van der Waals surface area contributed by atoms with Crippen LogP contribution in [0.3, 0.4) is 0 Å². The van der Waals surface area contributed by atoms with Crippen LogP contribution in [-0.2, 0) is 9.59 Å². The molecule has 8 heteroatoms. The highest BCUT2D eigenvalue weighted by Gasteiger charge is 2.34. The van der Waals surface area contributed by atoms with Crippen molar-refractivity contribution in [2.45, 2.75) is 25.3 Å². The third-order valence-electron chi connectivity index (χ3n) is 4.69. The van der Waals surface area contributed by atoms with Gasteiger partial charge in [0.1, 0.15) is 17.4 Å². The van der Waals surface area contributed by atoms with Crippen LogP contribution in [0.5, 0.6) is 5.75 Å². The molecule has 2 amide bonds. The highest BCUT2D eigenvalue weighted by molar-refractivity contribution is 5.78. The topological polar surface area (TPSA) is 79.5 Å². The zero-order valence-electron chi connectivity index (χ0n) is 16.6. The molecule has 6 nitrogen and oxygen atoms in total. The maximum atomic E-state index is 14.0. The zero-order chi connectivity index (χ0) is 21.4. The molecule has 2 aromatic carbocycles. The molecule has 0 bridgehead atoms. The van der Waals surface area contributed by atoms with Gasteiger partial charge in [-0.3, -0.25) is 9.59 Å². The normalized spacial score (nSPS) is 18.0. The first-order valence-corrected chi connectivity index (χ1v) is 9.13. The molecule has 156 valence electrons. The molecule has 3 N–H and O–H groups in total. The van der Waals surface area contributed by atoms with Crippen molar-refractivity contribution in [2.24, 2.45) is 0 Å². The van der Waals surface area contributed by atoms with Crippen LogP contribution in [0.15, 0.2) is 36.4 Å². The van der Waals surface area contributed by atoms with E-state index in [1.54, 1.807) is 0 Å². The van der Waals surface area contributed by atoms with E-state index in [0.717, 1.165) is 12.1 Å². The van der Waals surface area contributed by atoms with E-state index in [1.165, 1.54) is 18.4 Å². The molecule has 29 heavy (non-hydrogen) atoms. The van der Waals surface area contributed by atoms with E-state index in [-0.39, 0.29) is 30.2 Å². The van der Waals surface area contributed by atoms with Gasteiger partial charge in [-0.2, -0.15) is 0 Å². The Hall–Kier alpha value is -3.16. The summed E-state index contributed by atoms with van der Waals surface area (Å²) in [7, 11) is 3.23. The van der Waals surface area contributed by atoms with Crippen LogP contribution in [0.2, 0.25) is 0 Å². The van der Waals surface area contributed by atoms with Gasteiger partial charge in [-0.25, -0.2) is 8.78 Å². The number of hydrogen-bond acceptors (Lipinski definition) is 4. The van der Waals surface area contributed by atoms with Crippen molar-refractivity contribution >= 4 is 18.0 Å². The number of halogens is 2. The molecule has 2 atom stereocenters. The molecular formula is C21H25F2N3O3. The zero-order valence-corrected chi connectivity index (χ0v) is 16.6. The van der Waals surface area contributed by atoms with E-state index in [1.807, 2.05) is 7.05 Å². The van der Waals surface area contributed by atoms with Crippen molar-refractivity contribution in [2.75, 3.05) is 26.0 Å². The van der Waals surface area contributed by atoms with Gasteiger partial charge in [0, 0.05) is 55.4 Å².